The van der Waals surface area contributed by atoms with Crippen molar-refractivity contribution in [2.45, 2.75) is 0 Å². The summed E-state index contributed by atoms with van der Waals surface area (Å²) in [5.74, 6) is 0.330. The highest BCUT2D eigenvalue weighted by molar-refractivity contribution is 8.66. The number of hydrogen-bond donors (Lipinski definition) is 1. The molecule has 0 heterocycles. The first-order chi connectivity index (χ1) is 5.64. The second-order valence-electron chi connectivity index (χ2n) is 1.94. The molecule has 0 bridgehead atoms. The highest BCUT2D eigenvalue weighted by Gasteiger charge is 2.20. The van der Waals surface area contributed by atoms with Crippen molar-refractivity contribution < 1.29 is 14.0 Å². The van der Waals surface area contributed by atoms with Gasteiger partial charge >= 0.3 is 6.80 Å². The molecule has 1 aromatic rings. The Morgan fingerprint density at radius 2 is 2.00 bits per heavy atom. The van der Waals surface area contributed by atoms with Gasteiger partial charge in [-0.3, -0.25) is 0 Å². The van der Waals surface area contributed by atoms with Crippen LogP contribution >= 0.6 is 28.1 Å². The van der Waals surface area contributed by atoms with Gasteiger partial charge < -0.3 is 9.42 Å². The van der Waals surface area contributed by atoms with Crippen molar-refractivity contribution in [3.8, 4) is 5.75 Å². The van der Waals surface area contributed by atoms with Crippen molar-refractivity contribution in [3.05, 3.63) is 30.3 Å². The van der Waals surface area contributed by atoms with Gasteiger partial charge in [-0.1, -0.05) is 18.2 Å². The van der Waals surface area contributed by atoms with Crippen LogP contribution in [0, 0.1) is 0 Å². The zero-order valence-electron chi connectivity index (χ0n) is 5.88. The summed E-state index contributed by atoms with van der Waals surface area (Å²) in [4.78, 5) is 8.94. The van der Waals surface area contributed by atoms with Crippen LogP contribution < -0.4 is 4.52 Å². The summed E-state index contributed by atoms with van der Waals surface area (Å²) >= 11 is 0. The van der Waals surface area contributed by atoms with Crippen molar-refractivity contribution >= 4 is 28.1 Å². The minimum absolute atomic E-state index is 0.283. The average molecular weight is 225 g/mol. The fraction of sp³-hybridized carbons (Fsp3) is 0. The molecule has 3 nitrogen and oxygen atoms in total. The maximum atomic E-state index is 10.9. The third-order valence-corrected chi connectivity index (χ3v) is 3.98. The number of para-hydroxylation sites is 1. The van der Waals surface area contributed by atoms with Crippen molar-refractivity contribution in [2.24, 2.45) is 0 Å². The fourth-order valence-corrected chi connectivity index (χ4v) is 1.64. The Kier molecular flexibility index (Phi) is 3.47. The average Bonchev–Trinajstić information content (AvgIpc) is 2.06. The van der Waals surface area contributed by atoms with E-state index in [1.54, 1.807) is 30.3 Å². The molecule has 0 amide bonds. The highest BCUT2D eigenvalue weighted by atomic mass is 35.7. The van der Waals surface area contributed by atoms with Gasteiger partial charge in [0.2, 0.25) is 0 Å². The number of hydrogen-bond acceptors (Lipinski definition) is 3. The first-order valence-electron chi connectivity index (χ1n) is 3.02. The van der Waals surface area contributed by atoms with Gasteiger partial charge in [0, 0.05) is 0 Å². The molecule has 12 heavy (non-hydrogen) atoms. The molecule has 1 aromatic carbocycles. The van der Waals surface area contributed by atoms with Gasteiger partial charge in [-0.15, -0.1) is 0 Å². The van der Waals surface area contributed by atoms with Crippen LogP contribution in [-0.2, 0) is 4.57 Å². The summed E-state index contributed by atoms with van der Waals surface area (Å²) < 4.78 is 15.6. The van der Waals surface area contributed by atoms with E-state index in [2.05, 4.69) is 0 Å². The molecule has 0 aliphatic carbocycles. The Morgan fingerprint density at radius 3 is 2.50 bits per heavy atom. The van der Waals surface area contributed by atoms with Gasteiger partial charge in [-0.25, -0.2) is 4.57 Å². The molecule has 0 saturated carbocycles. The normalized spacial score (nSPS) is 15.2. The van der Waals surface area contributed by atoms with Gasteiger partial charge in [0.15, 0.2) is 0 Å². The molecule has 0 radical (unpaired) electrons. The smallest absolute Gasteiger partial charge is 0.416 e. The monoisotopic (exact) mass is 224 g/mol. The van der Waals surface area contributed by atoms with E-state index in [4.69, 9.17) is 20.1 Å². The third kappa shape index (κ3) is 3.07. The first-order valence-corrected chi connectivity index (χ1v) is 6.84. The largest absolute Gasteiger partial charge is 0.452 e. The molecule has 1 rings (SSSR count). The Balaban J connectivity index is 2.71. The molecule has 66 valence electrons. The van der Waals surface area contributed by atoms with Crippen LogP contribution in [0.3, 0.4) is 0 Å². The molecule has 0 aromatic heterocycles. The Morgan fingerprint density at radius 1 is 1.42 bits per heavy atom. The molecule has 1 unspecified atom stereocenters. The van der Waals surface area contributed by atoms with Crippen LogP contribution in [-0.4, -0.2) is 4.89 Å². The van der Waals surface area contributed by atoms with E-state index in [9.17, 15) is 4.57 Å². The SMILES string of the molecule is O=P(O)(Oc1ccccc1)SCl. The van der Waals surface area contributed by atoms with Gasteiger partial charge in [-0.2, -0.15) is 0 Å². The van der Waals surface area contributed by atoms with Crippen LogP contribution in [0.1, 0.15) is 0 Å². The summed E-state index contributed by atoms with van der Waals surface area (Å²) in [6.45, 7) is -3.71. The maximum absolute atomic E-state index is 10.9. The standard InChI is InChI=1S/C6H6ClO3PS/c7-12-11(8,9)10-6-4-2-1-3-5-6/h1-5H,(H,8,9). The van der Waals surface area contributed by atoms with Crippen molar-refractivity contribution in [1.82, 2.24) is 0 Å². The third-order valence-electron chi connectivity index (χ3n) is 1.05. The molecule has 0 aliphatic rings. The van der Waals surface area contributed by atoms with Crippen LogP contribution in [0.15, 0.2) is 30.3 Å². The predicted molar refractivity (Wildman–Crippen MR) is 50.3 cm³/mol. The van der Waals surface area contributed by atoms with Crippen LogP contribution in [0.4, 0.5) is 0 Å². The summed E-state index contributed by atoms with van der Waals surface area (Å²) in [5.41, 5.74) is 0. The Hall–Kier alpha value is -0.150. The fourth-order valence-electron chi connectivity index (χ4n) is 0.629. The lowest BCUT2D eigenvalue weighted by Crippen LogP contribution is -1.85. The number of benzene rings is 1. The topological polar surface area (TPSA) is 46.5 Å². The summed E-state index contributed by atoms with van der Waals surface area (Å²) in [6.07, 6.45) is 0. The second-order valence-corrected chi connectivity index (χ2v) is 6.24. The molecule has 1 N–H and O–H groups in total. The molecular formula is C6H6ClO3PS. The minimum atomic E-state index is -3.71. The Labute approximate surface area is 78.5 Å². The zero-order valence-corrected chi connectivity index (χ0v) is 8.35. The highest BCUT2D eigenvalue weighted by Crippen LogP contribution is 2.57. The molecule has 0 saturated heterocycles. The van der Waals surface area contributed by atoms with Crippen LogP contribution in [0.5, 0.6) is 5.75 Å². The lowest BCUT2D eigenvalue weighted by molar-refractivity contribution is 0.403. The molecule has 0 spiro atoms. The second kappa shape index (κ2) is 4.19. The van der Waals surface area contributed by atoms with E-state index < -0.39 is 6.80 Å². The molecule has 0 fully saturated rings. The van der Waals surface area contributed by atoms with Gasteiger partial charge in [0.1, 0.15) is 5.75 Å². The van der Waals surface area contributed by atoms with E-state index >= 15 is 0 Å². The lowest BCUT2D eigenvalue weighted by atomic mass is 10.3. The van der Waals surface area contributed by atoms with Gasteiger partial charge in [0.25, 0.3) is 0 Å². The number of rotatable bonds is 3. The lowest BCUT2D eigenvalue weighted by Gasteiger charge is -2.07. The zero-order chi connectivity index (χ0) is 9.03. The van der Waals surface area contributed by atoms with Crippen molar-refractivity contribution in [1.29, 1.82) is 0 Å². The predicted octanol–water partition coefficient (Wildman–Crippen LogP) is 3.05. The number of halogens is 1. The van der Waals surface area contributed by atoms with E-state index in [1.165, 1.54) is 0 Å². The molecular weight excluding hydrogens is 219 g/mol. The molecule has 0 aliphatic heterocycles. The van der Waals surface area contributed by atoms with Crippen LogP contribution in [0.2, 0.25) is 0 Å². The maximum Gasteiger partial charge on any atom is 0.452 e. The summed E-state index contributed by atoms with van der Waals surface area (Å²) in [5, 5.41) is 0. The first kappa shape index (κ1) is 9.93. The van der Waals surface area contributed by atoms with E-state index in [1.807, 2.05) is 0 Å². The molecule has 1 atom stereocenters. The van der Waals surface area contributed by atoms with Crippen LogP contribution in [0.25, 0.3) is 0 Å². The minimum Gasteiger partial charge on any atom is -0.416 e. The Bertz CT molecular complexity index is 292. The van der Waals surface area contributed by atoms with Crippen molar-refractivity contribution in [2.75, 3.05) is 0 Å². The summed E-state index contributed by atoms with van der Waals surface area (Å²) in [7, 11) is 5.40. The molecule has 6 heteroatoms. The van der Waals surface area contributed by atoms with Gasteiger partial charge in [-0.05, 0) is 22.8 Å². The van der Waals surface area contributed by atoms with E-state index in [-0.39, 0.29) is 10.6 Å². The van der Waals surface area contributed by atoms with Gasteiger partial charge in [0.05, 0.1) is 10.6 Å². The van der Waals surface area contributed by atoms with E-state index in [0.29, 0.717) is 5.75 Å². The van der Waals surface area contributed by atoms with E-state index in [0.717, 1.165) is 0 Å². The summed E-state index contributed by atoms with van der Waals surface area (Å²) in [6, 6.07) is 8.34. The quantitative estimate of drug-likeness (QED) is 0.802. The van der Waals surface area contributed by atoms with Crippen molar-refractivity contribution in [3.63, 3.8) is 0 Å².